The van der Waals surface area contributed by atoms with Gasteiger partial charge in [-0.1, -0.05) is 38.1 Å². The van der Waals surface area contributed by atoms with Crippen LogP contribution in [0.5, 0.6) is 0 Å². The van der Waals surface area contributed by atoms with Crippen LogP contribution in [0.25, 0.3) is 6.08 Å². The molecule has 1 aromatic rings. The minimum Gasteiger partial charge on any atom is -0.340 e. The van der Waals surface area contributed by atoms with Crippen LogP contribution in [0.4, 0.5) is 0 Å². The molecule has 1 unspecified atom stereocenters. The number of carbonyl (C=O) groups is 2. The second-order valence-corrected chi connectivity index (χ2v) is 7.59. The molecule has 0 radical (unpaired) electrons. The molecule has 2 amide bonds. The van der Waals surface area contributed by atoms with Gasteiger partial charge in [-0.3, -0.25) is 9.59 Å². The summed E-state index contributed by atoms with van der Waals surface area (Å²) in [5.74, 6) is 0.731. The van der Waals surface area contributed by atoms with Gasteiger partial charge in [0.05, 0.1) is 12.5 Å². The highest BCUT2D eigenvalue weighted by Crippen LogP contribution is 2.35. The van der Waals surface area contributed by atoms with E-state index in [1.165, 1.54) is 0 Å². The van der Waals surface area contributed by atoms with Gasteiger partial charge >= 0.3 is 0 Å². The predicted molar refractivity (Wildman–Crippen MR) is 99.5 cm³/mol. The fraction of sp³-hybridized carbons (Fsp3) is 0.524. The maximum Gasteiger partial charge on any atom is 0.225 e. The highest BCUT2D eigenvalue weighted by molar-refractivity contribution is 5.82. The first-order chi connectivity index (χ1) is 12.0. The summed E-state index contributed by atoms with van der Waals surface area (Å²) in [6.07, 6.45) is 7.38. The zero-order valence-corrected chi connectivity index (χ0v) is 15.4. The fourth-order valence-electron chi connectivity index (χ4n) is 3.49. The molecule has 1 atom stereocenters. The standard InChI is InChI=1S/C21H28N2O2/c1-15(2)10-12-23(18-8-9-18)21(25)14-20-19-7-5-4-6-17(19)11-13-22(20)16(3)24/h4-7,11,13,15,18,20H,8-10,12,14H2,1-3H3. The third-order valence-corrected chi connectivity index (χ3v) is 5.09. The van der Waals surface area contributed by atoms with Crippen LogP contribution in [-0.2, 0) is 9.59 Å². The Morgan fingerprint density at radius 1 is 1.24 bits per heavy atom. The van der Waals surface area contributed by atoms with Gasteiger partial charge in [-0.05, 0) is 42.4 Å². The summed E-state index contributed by atoms with van der Waals surface area (Å²) in [7, 11) is 0. The van der Waals surface area contributed by atoms with Crippen LogP contribution < -0.4 is 0 Å². The molecular formula is C21H28N2O2. The van der Waals surface area contributed by atoms with Gasteiger partial charge in [0.1, 0.15) is 0 Å². The smallest absolute Gasteiger partial charge is 0.225 e. The Bertz CT molecular complexity index is 676. The number of fused-ring (bicyclic) bond motifs is 1. The molecule has 4 nitrogen and oxygen atoms in total. The number of carbonyl (C=O) groups excluding carboxylic acids is 2. The maximum atomic E-state index is 13.0. The molecule has 2 aliphatic rings. The first-order valence-electron chi connectivity index (χ1n) is 9.33. The first kappa shape index (κ1) is 17.7. The van der Waals surface area contributed by atoms with Gasteiger partial charge in [0.2, 0.25) is 11.8 Å². The number of amides is 2. The van der Waals surface area contributed by atoms with E-state index in [0.717, 1.165) is 36.9 Å². The van der Waals surface area contributed by atoms with Gasteiger partial charge in [0.15, 0.2) is 0 Å². The second-order valence-electron chi connectivity index (χ2n) is 7.59. The molecule has 0 saturated heterocycles. The van der Waals surface area contributed by atoms with E-state index in [1.54, 1.807) is 11.8 Å². The summed E-state index contributed by atoms with van der Waals surface area (Å²) in [5, 5.41) is 0. The minimum absolute atomic E-state index is 0.0243. The monoisotopic (exact) mass is 340 g/mol. The Balaban J connectivity index is 1.79. The Morgan fingerprint density at radius 3 is 2.60 bits per heavy atom. The van der Waals surface area contributed by atoms with Crippen LogP contribution >= 0.6 is 0 Å². The van der Waals surface area contributed by atoms with Crippen molar-refractivity contribution in [1.82, 2.24) is 9.80 Å². The van der Waals surface area contributed by atoms with Crippen LogP contribution in [-0.4, -0.2) is 34.2 Å². The molecule has 1 heterocycles. The molecule has 1 aromatic carbocycles. The summed E-state index contributed by atoms with van der Waals surface area (Å²) < 4.78 is 0. The van der Waals surface area contributed by atoms with Crippen molar-refractivity contribution in [2.75, 3.05) is 6.54 Å². The first-order valence-corrected chi connectivity index (χ1v) is 9.33. The lowest BCUT2D eigenvalue weighted by atomic mass is 9.93. The molecule has 1 saturated carbocycles. The molecule has 0 N–H and O–H groups in total. The van der Waals surface area contributed by atoms with E-state index < -0.39 is 0 Å². The number of rotatable bonds is 6. The third-order valence-electron chi connectivity index (χ3n) is 5.09. The summed E-state index contributed by atoms with van der Waals surface area (Å²) >= 11 is 0. The molecule has 1 fully saturated rings. The summed E-state index contributed by atoms with van der Waals surface area (Å²) in [5.41, 5.74) is 2.16. The summed E-state index contributed by atoms with van der Waals surface area (Å²) in [6, 6.07) is 8.24. The lowest BCUT2D eigenvalue weighted by molar-refractivity contribution is -0.135. The van der Waals surface area contributed by atoms with E-state index >= 15 is 0 Å². The van der Waals surface area contributed by atoms with Crippen molar-refractivity contribution in [3.63, 3.8) is 0 Å². The normalized spacial score (nSPS) is 19.0. The zero-order chi connectivity index (χ0) is 18.0. The average Bonchev–Trinajstić information content (AvgIpc) is 3.39. The number of benzene rings is 1. The SMILES string of the molecule is CC(=O)N1C=Cc2ccccc2C1CC(=O)N(CCC(C)C)C1CC1. The molecule has 0 bridgehead atoms. The van der Waals surface area contributed by atoms with E-state index in [9.17, 15) is 9.59 Å². The van der Waals surface area contributed by atoms with Crippen LogP contribution in [0.1, 0.15) is 63.6 Å². The Kier molecular flexibility index (Phi) is 5.26. The van der Waals surface area contributed by atoms with Gasteiger partial charge in [0, 0.05) is 25.7 Å². The van der Waals surface area contributed by atoms with Crippen molar-refractivity contribution in [2.45, 2.75) is 58.5 Å². The molecule has 1 aliphatic carbocycles. The lowest BCUT2D eigenvalue weighted by Gasteiger charge is -2.34. The average molecular weight is 340 g/mol. The molecule has 1 aliphatic heterocycles. The maximum absolute atomic E-state index is 13.0. The van der Waals surface area contributed by atoms with Crippen LogP contribution in [0.3, 0.4) is 0 Å². The molecule has 4 heteroatoms. The number of hydrogen-bond donors (Lipinski definition) is 0. The van der Waals surface area contributed by atoms with Crippen molar-refractivity contribution in [3.8, 4) is 0 Å². The molecular weight excluding hydrogens is 312 g/mol. The summed E-state index contributed by atoms with van der Waals surface area (Å²) in [4.78, 5) is 28.9. The van der Waals surface area contributed by atoms with Crippen molar-refractivity contribution < 1.29 is 9.59 Å². The molecule has 134 valence electrons. The minimum atomic E-state index is -0.202. The molecule has 0 spiro atoms. The van der Waals surface area contributed by atoms with Gasteiger partial charge in [-0.25, -0.2) is 0 Å². The molecule has 3 rings (SSSR count). The van der Waals surface area contributed by atoms with Gasteiger partial charge < -0.3 is 9.80 Å². The quantitative estimate of drug-likeness (QED) is 0.786. The van der Waals surface area contributed by atoms with Crippen LogP contribution in [0, 0.1) is 5.92 Å². The molecule has 0 aromatic heterocycles. The van der Waals surface area contributed by atoms with Gasteiger partial charge in [-0.15, -0.1) is 0 Å². The van der Waals surface area contributed by atoms with E-state index in [-0.39, 0.29) is 17.9 Å². The highest BCUT2D eigenvalue weighted by atomic mass is 16.2. The number of nitrogens with zero attached hydrogens (tertiary/aromatic N) is 2. The second kappa shape index (κ2) is 7.42. The van der Waals surface area contributed by atoms with Crippen LogP contribution in [0.15, 0.2) is 30.5 Å². The van der Waals surface area contributed by atoms with Crippen molar-refractivity contribution in [1.29, 1.82) is 0 Å². The predicted octanol–water partition coefficient (Wildman–Crippen LogP) is 3.99. The van der Waals surface area contributed by atoms with Crippen molar-refractivity contribution in [2.24, 2.45) is 5.92 Å². The Morgan fingerprint density at radius 2 is 1.96 bits per heavy atom. The number of hydrogen-bond acceptors (Lipinski definition) is 2. The fourth-order valence-corrected chi connectivity index (χ4v) is 3.49. The van der Waals surface area contributed by atoms with Gasteiger partial charge in [0.25, 0.3) is 0 Å². The van der Waals surface area contributed by atoms with E-state index in [4.69, 9.17) is 0 Å². The lowest BCUT2D eigenvalue weighted by Crippen LogP contribution is -2.39. The van der Waals surface area contributed by atoms with E-state index in [2.05, 4.69) is 18.7 Å². The van der Waals surface area contributed by atoms with E-state index in [1.807, 2.05) is 36.5 Å². The van der Waals surface area contributed by atoms with Crippen molar-refractivity contribution in [3.05, 3.63) is 41.6 Å². The Labute approximate surface area is 150 Å². The van der Waals surface area contributed by atoms with Crippen LogP contribution in [0.2, 0.25) is 0 Å². The molecule has 25 heavy (non-hydrogen) atoms. The summed E-state index contributed by atoms with van der Waals surface area (Å²) in [6.45, 7) is 6.77. The zero-order valence-electron chi connectivity index (χ0n) is 15.4. The van der Waals surface area contributed by atoms with Crippen molar-refractivity contribution >= 4 is 17.9 Å². The largest absolute Gasteiger partial charge is 0.340 e. The Hall–Kier alpha value is -2.10. The third kappa shape index (κ3) is 4.12. The van der Waals surface area contributed by atoms with E-state index in [0.29, 0.717) is 18.4 Å². The van der Waals surface area contributed by atoms with Gasteiger partial charge in [-0.2, -0.15) is 0 Å². The topological polar surface area (TPSA) is 40.6 Å². The highest BCUT2D eigenvalue weighted by Gasteiger charge is 2.35.